The van der Waals surface area contributed by atoms with E-state index in [4.69, 9.17) is 3.25 Å². The van der Waals surface area contributed by atoms with Crippen LogP contribution in [-0.2, 0) is 47.9 Å². The molecule has 0 amide bonds. The van der Waals surface area contributed by atoms with Gasteiger partial charge in [0.2, 0.25) is 0 Å². The van der Waals surface area contributed by atoms with E-state index in [-0.39, 0.29) is 27.6 Å². The van der Waals surface area contributed by atoms with Gasteiger partial charge in [-0.05, 0) is 6.42 Å². The maximum absolute atomic E-state index is 9.54. The molecule has 0 saturated carbocycles. The zero-order chi connectivity index (χ0) is 7.70. The molecule has 0 aliphatic heterocycles. The predicted octanol–water partition coefficient (Wildman–Crippen LogP) is 0.516. The Kier molecular flexibility index (Phi) is 15.2. The Morgan fingerprint density at radius 1 is 1.44 bits per heavy atom. The van der Waals surface area contributed by atoms with Crippen molar-refractivity contribution in [2.45, 2.75) is 13.3 Å². The first-order chi connectivity index (χ1) is 4.27. The average molecular weight is 320 g/mol. The Balaban J connectivity index is 0. The summed E-state index contributed by atoms with van der Waals surface area (Å²) in [4.78, 5) is 0. The molecule has 4 nitrogen and oxygen atoms in total. The van der Waals surface area contributed by atoms with Crippen LogP contribution >= 0.6 is 0 Å². The van der Waals surface area contributed by atoms with Gasteiger partial charge >= 0.3 is 24.3 Å². The Hall–Kier alpha value is 0.450. The Bertz CT molecular complexity index is 104. The van der Waals surface area contributed by atoms with Gasteiger partial charge in [-0.2, -0.15) is 0 Å². The van der Waals surface area contributed by atoms with Crippen LogP contribution in [0.15, 0.2) is 0 Å². The van der Waals surface area contributed by atoms with Gasteiger partial charge < -0.3 is 12.6 Å². The molecular formula is C3H7O4STa-. The molecule has 6 heteroatoms. The molecule has 0 aromatic heterocycles. The fourth-order valence-corrected chi connectivity index (χ4v) is 0.454. The summed E-state index contributed by atoms with van der Waals surface area (Å²) in [5.74, 6) is 0. The number of hydrogen-bond donors (Lipinski definition) is 0. The van der Waals surface area contributed by atoms with E-state index in [0.29, 0.717) is 0 Å². The van der Waals surface area contributed by atoms with Gasteiger partial charge in [0.15, 0.2) is 0 Å². The van der Waals surface area contributed by atoms with Crippen LogP contribution in [0.25, 0.3) is 0 Å². The minimum atomic E-state index is -2.32. The first-order valence-electron chi connectivity index (χ1n) is 2.18. The van der Waals surface area contributed by atoms with E-state index in [0.717, 1.165) is 6.42 Å². The first kappa shape index (κ1) is 12.2. The average Bonchev–Trinajstić information content (AvgIpc) is 1.88. The summed E-state index contributed by atoms with van der Waals surface area (Å²) >= 11 is 0.194. The molecule has 9 heavy (non-hydrogen) atoms. The van der Waals surface area contributed by atoms with Crippen molar-refractivity contribution in [3.05, 3.63) is 0 Å². The number of rotatable bonds is 3. The van der Waals surface area contributed by atoms with Crippen molar-refractivity contribution in [1.29, 1.82) is 0 Å². The molecule has 0 bridgehead atoms. The molecule has 0 unspecified atom stereocenters. The van der Waals surface area contributed by atoms with Gasteiger partial charge in [-0.25, -0.2) is 0 Å². The van der Waals surface area contributed by atoms with Crippen molar-refractivity contribution in [3.8, 4) is 0 Å². The summed E-state index contributed by atoms with van der Waals surface area (Å²) in [7, 11) is -2.32. The third-order valence-electron chi connectivity index (χ3n) is 0.384. The van der Waals surface area contributed by atoms with E-state index in [1.54, 1.807) is 0 Å². The molecule has 0 atom stereocenters. The van der Waals surface area contributed by atoms with E-state index in [9.17, 15) is 8.42 Å². The van der Waals surface area contributed by atoms with Crippen LogP contribution in [-0.4, -0.2) is 6.61 Å². The van der Waals surface area contributed by atoms with Crippen LogP contribution in [0.5, 0.6) is 0 Å². The number of hydrogen-bond acceptors (Lipinski definition) is 5. The molecule has 0 N–H and O–H groups in total. The van der Waals surface area contributed by atoms with Gasteiger partial charge in [0, 0.05) is 6.61 Å². The minimum absolute atomic E-state index is 0.194. The normalized spacial score (nSPS) is 8.11. The second-order valence-corrected chi connectivity index (χ2v) is 1.67. The summed E-state index contributed by atoms with van der Waals surface area (Å²) in [5, 5.41) is 0. The van der Waals surface area contributed by atoms with Crippen LogP contribution in [0.2, 0.25) is 0 Å². The van der Waals surface area contributed by atoms with Gasteiger partial charge in [-0.1, -0.05) is 6.92 Å². The van der Waals surface area contributed by atoms with Gasteiger partial charge in [0.25, 0.3) is 0 Å². The Labute approximate surface area is 68.0 Å². The molecule has 0 saturated heterocycles. The van der Waals surface area contributed by atoms with E-state index in [1.165, 1.54) is 0 Å². The van der Waals surface area contributed by atoms with Crippen molar-refractivity contribution in [1.82, 2.24) is 0 Å². The maximum atomic E-state index is 9.54. The SMILES string of the molecule is CCCO[S-](=O)=O.[O]=[Ta]. The van der Waals surface area contributed by atoms with Crippen molar-refractivity contribution < 1.29 is 36.9 Å². The molecule has 0 rings (SSSR count). The molecule has 0 aromatic carbocycles. The van der Waals surface area contributed by atoms with Crippen molar-refractivity contribution in [3.63, 3.8) is 0 Å². The molecule has 0 radical (unpaired) electrons. The van der Waals surface area contributed by atoms with Crippen LogP contribution < -0.4 is 0 Å². The molecule has 0 fully saturated rings. The Morgan fingerprint density at radius 2 is 1.89 bits per heavy atom. The van der Waals surface area contributed by atoms with E-state index < -0.39 is 11.0 Å². The monoisotopic (exact) mass is 320 g/mol. The first-order valence-corrected chi connectivity index (χ1v) is 4.49. The summed E-state index contributed by atoms with van der Waals surface area (Å²) in [6.07, 6.45) is 0.730. The quantitative estimate of drug-likeness (QED) is 0.711. The third kappa shape index (κ3) is 17.8. The fraction of sp³-hybridized carbons (Fsp3) is 1.00. The van der Waals surface area contributed by atoms with E-state index >= 15 is 0 Å². The van der Waals surface area contributed by atoms with Crippen molar-refractivity contribution >= 4 is 11.0 Å². The van der Waals surface area contributed by atoms with Crippen LogP contribution in [0, 0.1) is 0 Å². The molecular weight excluding hydrogens is 313 g/mol. The topological polar surface area (TPSA) is 60.4 Å². The zero-order valence-electron chi connectivity index (χ0n) is 4.90. The third-order valence-corrected chi connectivity index (χ3v) is 0.743. The molecule has 0 aromatic rings. The fourth-order valence-electron chi connectivity index (χ4n) is 0.151. The molecule has 0 spiro atoms. The van der Waals surface area contributed by atoms with Crippen LogP contribution in [0.4, 0.5) is 0 Å². The van der Waals surface area contributed by atoms with Gasteiger partial charge in [0.05, 0.1) is 11.0 Å². The Morgan fingerprint density at radius 3 is 2.00 bits per heavy atom. The second-order valence-electron chi connectivity index (χ2n) is 1.03. The van der Waals surface area contributed by atoms with Gasteiger partial charge in [-0.15, -0.1) is 0 Å². The zero-order valence-corrected chi connectivity index (χ0v) is 8.93. The van der Waals surface area contributed by atoms with E-state index in [1.807, 2.05) is 6.92 Å². The molecule has 0 aliphatic carbocycles. The molecule has 0 heterocycles. The molecule has 0 aliphatic rings. The van der Waals surface area contributed by atoms with Gasteiger partial charge in [0.1, 0.15) is 0 Å². The summed E-state index contributed by atoms with van der Waals surface area (Å²) in [6.45, 7) is 2.13. The molecule has 55 valence electrons. The summed E-state index contributed by atoms with van der Waals surface area (Å²) in [5.41, 5.74) is 0. The van der Waals surface area contributed by atoms with Crippen molar-refractivity contribution in [2.75, 3.05) is 6.61 Å². The predicted molar refractivity (Wildman–Crippen MR) is 25.7 cm³/mol. The summed E-state index contributed by atoms with van der Waals surface area (Å²) in [6, 6.07) is 0. The van der Waals surface area contributed by atoms with E-state index in [2.05, 4.69) is 4.18 Å². The standard InChI is InChI=1S/C3H7O3S.O.Ta/c1-2-3-6-7(4)5;;/h2-3H2,1H3;;/q-1;;. The second kappa shape index (κ2) is 11.3. The van der Waals surface area contributed by atoms with Crippen molar-refractivity contribution in [2.24, 2.45) is 0 Å². The van der Waals surface area contributed by atoms with Crippen LogP contribution in [0.1, 0.15) is 13.3 Å². The summed E-state index contributed by atoms with van der Waals surface area (Å²) < 4.78 is 31.5. The van der Waals surface area contributed by atoms with Crippen LogP contribution in [0.3, 0.4) is 0 Å². The van der Waals surface area contributed by atoms with Gasteiger partial charge in [-0.3, -0.25) is 0 Å².